The zero-order chi connectivity index (χ0) is 24.4. The van der Waals surface area contributed by atoms with Crippen molar-refractivity contribution in [2.75, 3.05) is 13.1 Å². The van der Waals surface area contributed by atoms with Gasteiger partial charge in [-0.2, -0.15) is 5.26 Å². The Balaban J connectivity index is 1.58. The maximum atomic E-state index is 13.0. The summed E-state index contributed by atoms with van der Waals surface area (Å²) in [5.74, 6) is -0.382. The highest BCUT2D eigenvalue weighted by Crippen LogP contribution is 2.51. The molecule has 5 rings (SSSR count). The van der Waals surface area contributed by atoms with Crippen LogP contribution in [-0.2, 0) is 12.0 Å². The lowest BCUT2D eigenvalue weighted by Gasteiger charge is -2.39. The van der Waals surface area contributed by atoms with E-state index in [1.165, 1.54) is 28.0 Å². The average Bonchev–Trinajstić information content (AvgIpc) is 3.51. The van der Waals surface area contributed by atoms with Gasteiger partial charge in [0.25, 0.3) is 5.91 Å². The minimum Gasteiger partial charge on any atom is -0.465 e. The third kappa shape index (κ3) is 4.55. The number of amidine groups is 1. The number of nitrogens with one attached hydrogen (secondary N) is 1. The topological polar surface area (TPSA) is 106 Å². The van der Waals surface area contributed by atoms with E-state index in [0.29, 0.717) is 28.6 Å². The number of fused-ring (bicyclic) bond motifs is 1. The van der Waals surface area contributed by atoms with Crippen molar-refractivity contribution < 1.29 is 14.7 Å². The summed E-state index contributed by atoms with van der Waals surface area (Å²) in [5, 5.41) is 22.7. The van der Waals surface area contributed by atoms with Gasteiger partial charge in [0, 0.05) is 28.2 Å². The molecule has 1 unspecified atom stereocenters. The van der Waals surface area contributed by atoms with Gasteiger partial charge in [-0.1, -0.05) is 60.3 Å². The highest BCUT2D eigenvalue weighted by Gasteiger charge is 2.56. The van der Waals surface area contributed by atoms with Crippen LogP contribution in [0.4, 0.5) is 4.79 Å². The third-order valence-corrected chi connectivity index (χ3v) is 8.80. The average molecular weight is 503 g/mol. The fourth-order valence-electron chi connectivity index (χ4n) is 4.78. The van der Waals surface area contributed by atoms with Gasteiger partial charge in [0.2, 0.25) is 0 Å². The number of carbonyl (C=O) groups excluding carboxylic acids is 1. The number of thioether (sulfide) groups is 1. The van der Waals surface area contributed by atoms with Crippen molar-refractivity contribution in [3.63, 3.8) is 0 Å². The molecule has 2 amide bonds. The van der Waals surface area contributed by atoms with Crippen molar-refractivity contribution in [3.05, 3.63) is 93.7 Å². The van der Waals surface area contributed by atoms with Crippen LogP contribution in [0.1, 0.15) is 25.7 Å². The largest absolute Gasteiger partial charge is 0.465 e. The molecular weight excluding hydrogens is 480 g/mol. The van der Waals surface area contributed by atoms with Crippen LogP contribution in [0.15, 0.2) is 77.8 Å². The van der Waals surface area contributed by atoms with Crippen molar-refractivity contribution in [2.45, 2.75) is 17.2 Å². The molecule has 1 aromatic heterocycles. The monoisotopic (exact) mass is 502 g/mol. The molecule has 2 aliphatic heterocycles. The number of aliphatic imine (C=N–C) groups is 1. The molecule has 2 N–H and O–H groups in total. The number of nitriles is 1. The molecule has 3 heterocycles. The lowest BCUT2D eigenvalue weighted by atomic mass is 9.81. The van der Waals surface area contributed by atoms with E-state index in [1.54, 1.807) is 30.3 Å². The van der Waals surface area contributed by atoms with Crippen molar-refractivity contribution in [3.8, 4) is 6.07 Å². The number of likely N-dealkylation sites (tertiary alicyclic amines) is 1. The van der Waals surface area contributed by atoms with Crippen LogP contribution in [0, 0.1) is 17.2 Å². The van der Waals surface area contributed by atoms with Crippen molar-refractivity contribution in [1.29, 1.82) is 5.26 Å². The van der Waals surface area contributed by atoms with E-state index in [1.807, 2.05) is 30.3 Å². The minimum atomic E-state index is -0.996. The van der Waals surface area contributed by atoms with Crippen LogP contribution in [0.3, 0.4) is 0 Å². The van der Waals surface area contributed by atoms with Gasteiger partial charge in [-0.3, -0.25) is 4.79 Å². The van der Waals surface area contributed by atoms with E-state index in [2.05, 4.69) is 23.5 Å². The van der Waals surface area contributed by atoms with E-state index in [9.17, 15) is 20.0 Å². The van der Waals surface area contributed by atoms with Crippen molar-refractivity contribution in [1.82, 2.24) is 10.2 Å². The van der Waals surface area contributed by atoms with Gasteiger partial charge in [-0.25, -0.2) is 9.79 Å². The van der Waals surface area contributed by atoms with Crippen molar-refractivity contribution >= 4 is 40.3 Å². The van der Waals surface area contributed by atoms with Crippen molar-refractivity contribution in [2.24, 2.45) is 10.9 Å². The van der Waals surface area contributed by atoms with Gasteiger partial charge in [-0.15, -0.1) is 11.3 Å². The molecule has 2 aliphatic rings. The van der Waals surface area contributed by atoms with Crippen LogP contribution < -0.4 is 5.32 Å². The highest BCUT2D eigenvalue weighted by molar-refractivity contribution is 8.14. The van der Waals surface area contributed by atoms with E-state index in [4.69, 9.17) is 4.99 Å². The van der Waals surface area contributed by atoms with Gasteiger partial charge >= 0.3 is 6.09 Å². The zero-order valence-electron chi connectivity index (χ0n) is 18.6. The lowest BCUT2D eigenvalue weighted by molar-refractivity contribution is 0.0977. The summed E-state index contributed by atoms with van der Waals surface area (Å²) in [7, 11) is 0. The van der Waals surface area contributed by atoms with Crippen LogP contribution in [0.2, 0.25) is 0 Å². The molecule has 0 aliphatic carbocycles. The molecule has 1 fully saturated rings. The molecule has 0 bridgehead atoms. The van der Waals surface area contributed by atoms with Gasteiger partial charge in [0.15, 0.2) is 5.17 Å². The summed E-state index contributed by atoms with van der Waals surface area (Å²) >= 11 is 2.82. The quantitative estimate of drug-likeness (QED) is 0.544. The molecule has 7 nitrogen and oxygen atoms in total. The fourth-order valence-corrected chi connectivity index (χ4v) is 7.17. The predicted octanol–water partition coefficient (Wildman–Crippen LogP) is 4.57. The lowest BCUT2D eigenvalue weighted by Crippen LogP contribution is -2.46. The van der Waals surface area contributed by atoms with Gasteiger partial charge in [0.1, 0.15) is 16.5 Å². The number of hydrogen-bond donors (Lipinski definition) is 2. The Morgan fingerprint density at radius 3 is 2.49 bits per heavy atom. The second-order valence-electron chi connectivity index (χ2n) is 8.55. The smallest absolute Gasteiger partial charge is 0.407 e. The SMILES string of the molecule is N#Cc1ccc([C@]23CN(C(=O)O)C[C@H]2C(Cc2ccccc2)SC(NC(=O)c2ccccc2)=N3)s1. The Bertz CT molecular complexity index is 1320. The second kappa shape index (κ2) is 9.56. The van der Waals surface area contributed by atoms with E-state index in [-0.39, 0.29) is 23.6 Å². The molecule has 9 heteroatoms. The number of thiophene rings is 1. The summed E-state index contributed by atoms with van der Waals surface area (Å²) in [6.45, 7) is 0.512. The third-order valence-electron chi connectivity index (χ3n) is 6.42. The Kier molecular flexibility index (Phi) is 6.32. The first-order valence-electron chi connectivity index (χ1n) is 11.1. The maximum Gasteiger partial charge on any atom is 0.407 e. The maximum absolute atomic E-state index is 13.0. The van der Waals surface area contributed by atoms with Gasteiger partial charge in [-0.05, 0) is 36.2 Å². The van der Waals surface area contributed by atoms with E-state index >= 15 is 0 Å². The first kappa shape index (κ1) is 23.1. The van der Waals surface area contributed by atoms with Gasteiger partial charge < -0.3 is 15.3 Å². The number of amides is 2. The van der Waals surface area contributed by atoms with E-state index in [0.717, 1.165) is 10.4 Å². The van der Waals surface area contributed by atoms with Crippen LogP contribution in [0.5, 0.6) is 0 Å². The zero-order valence-corrected chi connectivity index (χ0v) is 20.3. The number of benzene rings is 2. The number of hydrogen-bond acceptors (Lipinski definition) is 6. The van der Waals surface area contributed by atoms with Crippen LogP contribution in [-0.4, -0.2) is 45.5 Å². The summed E-state index contributed by atoms with van der Waals surface area (Å²) < 4.78 is 0. The summed E-state index contributed by atoms with van der Waals surface area (Å²) in [4.78, 5) is 32.8. The summed E-state index contributed by atoms with van der Waals surface area (Å²) in [6, 6.07) is 24.8. The molecule has 0 radical (unpaired) electrons. The predicted molar refractivity (Wildman–Crippen MR) is 137 cm³/mol. The highest BCUT2D eigenvalue weighted by atomic mass is 32.2. The first-order valence-corrected chi connectivity index (χ1v) is 12.8. The normalized spacial score (nSPS) is 23.2. The molecule has 2 aromatic carbocycles. The molecular formula is C26H22N4O3S2. The number of carboxylic acid groups (broad SMARTS) is 1. The van der Waals surface area contributed by atoms with Crippen LogP contribution >= 0.6 is 23.1 Å². The molecule has 3 aromatic rings. The number of rotatable bonds is 4. The Morgan fingerprint density at radius 2 is 1.83 bits per heavy atom. The molecule has 0 spiro atoms. The summed E-state index contributed by atoms with van der Waals surface area (Å²) in [5.41, 5.74) is 0.780. The standard InChI is InChI=1S/C26H22N4O3S2/c27-14-19-11-12-22(34-19)26-16-30(25(32)33)15-20(26)21(13-17-7-3-1-4-8-17)35-24(29-26)28-23(31)18-9-5-2-6-10-18/h1-12,20-21H,13,15-16H2,(H,32,33)(H,28,29,31)/t20-,21?,26-/m0/s1. The minimum absolute atomic E-state index is 0.0297. The Labute approximate surface area is 211 Å². The van der Waals surface area contributed by atoms with Gasteiger partial charge in [0.05, 0.1) is 6.54 Å². The number of nitrogens with zero attached hydrogens (tertiary/aromatic N) is 3. The summed E-state index contributed by atoms with van der Waals surface area (Å²) in [6.07, 6.45) is -0.299. The molecule has 1 saturated heterocycles. The molecule has 35 heavy (non-hydrogen) atoms. The number of carbonyl (C=O) groups is 2. The fraction of sp³-hybridized carbons (Fsp3) is 0.231. The Morgan fingerprint density at radius 1 is 1.11 bits per heavy atom. The Hall–Kier alpha value is -3.61. The molecule has 3 atom stereocenters. The first-order chi connectivity index (χ1) is 17.0. The van der Waals surface area contributed by atoms with E-state index < -0.39 is 11.6 Å². The second-order valence-corrected chi connectivity index (χ2v) is 10.9. The van der Waals surface area contributed by atoms with Crippen LogP contribution in [0.25, 0.3) is 0 Å². The molecule has 176 valence electrons. The molecule has 0 saturated carbocycles.